The molecule has 1 fully saturated rings. The summed E-state index contributed by atoms with van der Waals surface area (Å²) >= 11 is 0. The summed E-state index contributed by atoms with van der Waals surface area (Å²) in [5, 5.41) is 4.52. The summed E-state index contributed by atoms with van der Waals surface area (Å²) in [5.74, 6) is 1.29. The number of unbranched alkanes of at least 4 members (excludes halogenated alkanes) is 1. The van der Waals surface area contributed by atoms with Crippen molar-refractivity contribution in [1.82, 2.24) is 19.2 Å². The second-order valence-electron chi connectivity index (χ2n) is 7.62. The summed E-state index contributed by atoms with van der Waals surface area (Å²) in [5.41, 5.74) is 0.872. The van der Waals surface area contributed by atoms with Gasteiger partial charge in [-0.2, -0.15) is 5.10 Å². The summed E-state index contributed by atoms with van der Waals surface area (Å²) in [6.07, 6.45) is 4.96. The van der Waals surface area contributed by atoms with Crippen LogP contribution in [-0.2, 0) is 24.3 Å². The van der Waals surface area contributed by atoms with Crippen molar-refractivity contribution < 1.29 is 4.79 Å². The zero-order valence-electron chi connectivity index (χ0n) is 16.4. The van der Waals surface area contributed by atoms with E-state index in [1.54, 1.807) is 4.57 Å². The van der Waals surface area contributed by atoms with Gasteiger partial charge in [-0.1, -0.05) is 50.6 Å². The summed E-state index contributed by atoms with van der Waals surface area (Å²) < 4.78 is 3.08. The summed E-state index contributed by atoms with van der Waals surface area (Å²) in [6, 6.07) is 9.92. The minimum absolute atomic E-state index is 0.00458. The van der Waals surface area contributed by atoms with Gasteiger partial charge in [-0.15, -0.1) is 0 Å². The lowest BCUT2D eigenvalue weighted by Crippen LogP contribution is -2.42. The van der Waals surface area contributed by atoms with E-state index in [0.717, 1.165) is 56.6 Å². The Hall–Kier alpha value is -2.37. The quantitative estimate of drug-likeness (QED) is 0.753. The van der Waals surface area contributed by atoms with Gasteiger partial charge in [-0.25, -0.2) is 9.48 Å². The third kappa shape index (κ3) is 4.87. The van der Waals surface area contributed by atoms with Crippen molar-refractivity contribution in [3.8, 4) is 0 Å². The second kappa shape index (κ2) is 9.02. The number of likely N-dealkylation sites (tertiary alicyclic amines) is 1. The molecule has 0 aliphatic carbocycles. The molecule has 2 heterocycles. The number of aryl methyl sites for hydroxylation is 1. The number of rotatable bonds is 7. The van der Waals surface area contributed by atoms with Gasteiger partial charge in [-0.05, 0) is 30.7 Å². The highest BCUT2D eigenvalue weighted by atomic mass is 16.2. The van der Waals surface area contributed by atoms with Gasteiger partial charge >= 0.3 is 5.69 Å². The van der Waals surface area contributed by atoms with Crippen LogP contribution < -0.4 is 5.69 Å². The Kier molecular flexibility index (Phi) is 6.48. The van der Waals surface area contributed by atoms with Gasteiger partial charge in [0, 0.05) is 19.5 Å². The molecular formula is C21H30N4O2. The molecule has 27 heavy (non-hydrogen) atoms. The first-order valence-electron chi connectivity index (χ1n) is 10.1. The molecule has 0 bridgehead atoms. The van der Waals surface area contributed by atoms with Gasteiger partial charge in [0.05, 0.1) is 6.54 Å². The van der Waals surface area contributed by atoms with Gasteiger partial charge in [0.25, 0.3) is 0 Å². The molecule has 1 aliphatic heterocycles. The molecule has 3 rings (SSSR count). The molecule has 1 aliphatic rings. The minimum Gasteiger partial charge on any atom is -0.341 e. The number of carbonyl (C=O) groups is 1. The Labute approximate surface area is 160 Å². The van der Waals surface area contributed by atoms with Gasteiger partial charge in [0.1, 0.15) is 12.4 Å². The largest absolute Gasteiger partial charge is 0.346 e. The minimum atomic E-state index is -0.191. The van der Waals surface area contributed by atoms with E-state index in [4.69, 9.17) is 0 Å². The topological polar surface area (TPSA) is 60.1 Å². The van der Waals surface area contributed by atoms with Crippen molar-refractivity contribution in [2.24, 2.45) is 5.92 Å². The molecule has 1 aromatic heterocycles. The fourth-order valence-electron chi connectivity index (χ4n) is 3.68. The zero-order valence-corrected chi connectivity index (χ0v) is 16.4. The van der Waals surface area contributed by atoms with Gasteiger partial charge in [0.2, 0.25) is 5.91 Å². The third-order valence-electron chi connectivity index (χ3n) is 5.23. The molecule has 6 nitrogen and oxygen atoms in total. The molecule has 0 unspecified atom stereocenters. The normalized spacial score (nSPS) is 17.3. The van der Waals surface area contributed by atoms with Crippen LogP contribution in [0.15, 0.2) is 35.1 Å². The third-order valence-corrected chi connectivity index (χ3v) is 5.23. The number of hydrogen-bond acceptors (Lipinski definition) is 3. The highest BCUT2D eigenvalue weighted by Crippen LogP contribution is 2.15. The molecule has 0 spiro atoms. The van der Waals surface area contributed by atoms with E-state index in [1.165, 1.54) is 4.68 Å². The summed E-state index contributed by atoms with van der Waals surface area (Å²) in [6.45, 7) is 6.38. The second-order valence-corrected chi connectivity index (χ2v) is 7.62. The number of benzene rings is 1. The van der Waals surface area contributed by atoms with Crippen molar-refractivity contribution in [3.05, 3.63) is 52.2 Å². The van der Waals surface area contributed by atoms with Crippen molar-refractivity contribution in [2.45, 2.75) is 59.0 Å². The fourth-order valence-corrected chi connectivity index (χ4v) is 3.68. The van der Waals surface area contributed by atoms with Crippen molar-refractivity contribution in [2.75, 3.05) is 13.1 Å². The predicted octanol–water partition coefficient (Wildman–Crippen LogP) is 2.69. The van der Waals surface area contributed by atoms with Crippen LogP contribution in [0.3, 0.4) is 0 Å². The first-order valence-corrected chi connectivity index (χ1v) is 10.1. The van der Waals surface area contributed by atoms with Crippen molar-refractivity contribution in [1.29, 1.82) is 0 Å². The van der Waals surface area contributed by atoms with Crippen LogP contribution in [0.2, 0.25) is 0 Å². The summed E-state index contributed by atoms with van der Waals surface area (Å²) in [4.78, 5) is 27.5. The Balaban J connectivity index is 1.80. The average Bonchev–Trinajstić information content (AvgIpc) is 2.96. The Morgan fingerprint density at radius 3 is 2.74 bits per heavy atom. The van der Waals surface area contributed by atoms with E-state index in [0.29, 0.717) is 12.5 Å². The molecule has 0 saturated carbocycles. The molecule has 146 valence electrons. The van der Waals surface area contributed by atoms with Crippen LogP contribution >= 0.6 is 0 Å². The van der Waals surface area contributed by atoms with E-state index in [9.17, 15) is 9.59 Å². The number of amides is 1. The number of hydrogen-bond donors (Lipinski definition) is 0. The van der Waals surface area contributed by atoms with E-state index in [-0.39, 0.29) is 18.1 Å². The highest BCUT2D eigenvalue weighted by Gasteiger charge is 2.23. The van der Waals surface area contributed by atoms with Crippen LogP contribution in [0.4, 0.5) is 0 Å². The Morgan fingerprint density at radius 1 is 1.26 bits per heavy atom. The van der Waals surface area contributed by atoms with Crippen molar-refractivity contribution in [3.63, 3.8) is 0 Å². The lowest BCUT2D eigenvalue weighted by atomic mass is 10.0. The van der Waals surface area contributed by atoms with E-state index in [2.05, 4.69) is 18.9 Å². The zero-order chi connectivity index (χ0) is 19.2. The molecule has 2 aromatic rings. The van der Waals surface area contributed by atoms with Crippen LogP contribution in [0, 0.1) is 5.92 Å². The monoisotopic (exact) mass is 370 g/mol. The number of piperidine rings is 1. The Morgan fingerprint density at radius 2 is 2.04 bits per heavy atom. The number of aromatic nitrogens is 3. The average molecular weight is 370 g/mol. The molecule has 1 atom stereocenters. The van der Waals surface area contributed by atoms with Gasteiger partial charge in [-0.3, -0.25) is 9.36 Å². The smallest absolute Gasteiger partial charge is 0.341 e. The highest BCUT2D eigenvalue weighted by molar-refractivity contribution is 5.76. The molecule has 1 amide bonds. The molecule has 0 N–H and O–H groups in total. The van der Waals surface area contributed by atoms with E-state index < -0.39 is 0 Å². The summed E-state index contributed by atoms with van der Waals surface area (Å²) in [7, 11) is 0. The molecule has 0 radical (unpaired) electrons. The molecular weight excluding hydrogens is 340 g/mol. The fraction of sp³-hybridized carbons (Fsp3) is 0.571. The lowest BCUT2D eigenvalue weighted by molar-refractivity contribution is -0.133. The standard InChI is InChI=1S/C21H30N4O2/c1-3-4-12-19-22-25(16-20(26)23-13-8-9-17(2)14-23)21(27)24(19)15-18-10-6-5-7-11-18/h5-7,10-11,17H,3-4,8-9,12-16H2,1-2H3/t17-/m0/s1. The van der Waals surface area contributed by atoms with Crippen LogP contribution in [-0.4, -0.2) is 38.2 Å². The van der Waals surface area contributed by atoms with E-state index in [1.807, 2.05) is 35.2 Å². The number of carbonyl (C=O) groups excluding carboxylic acids is 1. The predicted molar refractivity (Wildman–Crippen MR) is 106 cm³/mol. The van der Waals surface area contributed by atoms with E-state index >= 15 is 0 Å². The maximum Gasteiger partial charge on any atom is 0.346 e. The first kappa shape index (κ1) is 19.4. The lowest BCUT2D eigenvalue weighted by Gasteiger charge is -2.30. The maximum absolute atomic E-state index is 12.9. The maximum atomic E-state index is 12.9. The Bertz CT molecular complexity index is 809. The van der Waals surface area contributed by atoms with Crippen molar-refractivity contribution >= 4 is 5.91 Å². The van der Waals surface area contributed by atoms with Gasteiger partial charge < -0.3 is 4.90 Å². The van der Waals surface area contributed by atoms with Gasteiger partial charge in [0.15, 0.2) is 0 Å². The van der Waals surface area contributed by atoms with Crippen LogP contribution in [0.25, 0.3) is 0 Å². The van der Waals surface area contributed by atoms with Crippen LogP contribution in [0.5, 0.6) is 0 Å². The van der Waals surface area contributed by atoms with Crippen LogP contribution in [0.1, 0.15) is 50.9 Å². The molecule has 1 aromatic carbocycles. The number of nitrogens with zero attached hydrogens (tertiary/aromatic N) is 4. The SMILES string of the molecule is CCCCc1nn(CC(=O)N2CCC[C@H](C)C2)c(=O)n1Cc1ccccc1. The molecule has 1 saturated heterocycles. The molecule has 6 heteroatoms. The first-order chi connectivity index (χ1) is 13.1.